The van der Waals surface area contributed by atoms with Crippen LogP contribution in [-0.4, -0.2) is 23.0 Å². The number of fused-ring (bicyclic) bond motifs is 1. The van der Waals surface area contributed by atoms with Gasteiger partial charge in [0.2, 0.25) is 5.91 Å². The Labute approximate surface area is 162 Å². The Kier molecular flexibility index (Phi) is 3.69. The van der Waals surface area contributed by atoms with Crippen molar-refractivity contribution in [2.24, 2.45) is 29.1 Å². The van der Waals surface area contributed by atoms with Crippen LogP contribution in [0.5, 0.6) is 0 Å². The first-order valence-corrected chi connectivity index (χ1v) is 11.1. The normalized spacial score (nSPS) is 47.9. The maximum atomic E-state index is 13.3. The maximum absolute atomic E-state index is 13.3. The lowest BCUT2D eigenvalue weighted by molar-refractivity contribution is -0.215. The molecule has 0 unspecified atom stereocenters. The number of hydrogen-bond acceptors (Lipinski definition) is 3. The number of nitrogens with one attached hydrogen (secondary N) is 1. The average Bonchev–Trinajstić information content (AvgIpc) is 3.43. The summed E-state index contributed by atoms with van der Waals surface area (Å²) in [7, 11) is 0. The lowest BCUT2D eigenvalue weighted by Crippen LogP contribution is -2.60. The van der Waals surface area contributed by atoms with Gasteiger partial charge in [-0.1, -0.05) is 19.9 Å². The summed E-state index contributed by atoms with van der Waals surface area (Å²) in [5.74, 6) is 2.73. The second-order valence-corrected chi connectivity index (χ2v) is 10.5. The molecule has 0 spiro atoms. The molecule has 4 nitrogen and oxygen atoms in total. The molecule has 0 saturated heterocycles. The smallest absolute Gasteiger partial charge is 0.315 e. The van der Waals surface area contributed by atoms with Crippen LogP contribution >= 0.6 is 0 Å². The van der Waals surface area contributed by atoms with Gasteiger partial charge in [0, 0.05) is 5.57 Å². The van der Waals surface area contributed by atoms with Gasteiger partial charge in [-0.05, 0) is 88.4 Å². The number of rotatable bonds is 7. The molecule has 0 radical (unpaired) electrons. The number of unbranched alkanes of at least 4 members (excludes halogenated alkanes) is 1. The van der Waals surface area contributed by atoms with E-state index in [-0.39, 0.29) is 23.0 Å². The second kappa shape index (κ2) is 5.61. The molecule has 0 aromatic rings. The van der Waals surface area contributed by atoms with Crippen LogP contribution in [0.1, 0.15) is 78.1 Å². The molecule has 4 heteroatoms. The molecule has 4 bridgehead atoms. The summed E-state index contributed by atoms with van der Waals surface area (Å²) in [5.41, 5.74) is -0.458. The van der Waals surface area contributed by atoms with Gasteiger partial charge in [-0.25, -0.2) is 0 Å². The molecule has 6 fully saturated rings. The van der Waals surface area contributed by atoms with Crippen molar-refractivity contribution >= 4 is 11.9 Å². The molecule has 0 aliphatic heterocycles. The zero-order chi connectivity index (χ0) is 19.0. The van der Waals surface area contributed by atoms with E-state index in [0.717, 1.165) is 43.9 Å². The molecule has 27 heavy (non-hydrogen) atoms. The van der Waals surface area contributed by atoms with Gasteiger partial charge in [-0.3, -0.25) is 9.59 Å². The molecule has 0 atom stereocenters. The highest BCUT2D eigenvalue weighted by Gasteiger charge is 2.89. The summed E-state index contributed by atoms with van der Waals surface area (Å²) in [6.07, 6.45) is 11.3. The molecule has 6 rings (SSSR count). The third-order valence-corrected chi connectivity index (χ3v) is 8.73. The molecular formula is C23H33NO3. The van der Waals surface area contributed by atoms with Gasteiger partial charge in [0.1, 0.15) is 5.60 Å². The monoisotopic (exact) mass is 371 g/mol. The van der Waals surface area contributed by atoms with Crippen LogP contribution in [0.25, 0.3) is 0 Å². The van der Waals surface area contributed by atoms with Gasteiger partial charge in [0.05, 0.1) is 11.0 Å². The van der Waals surface area contributed by atoms with E-state index in [9.17, 15) is 9.59 Å². The predicted octanol–water partition coefficient (Wildman–Crippen LogP) is 4.14. The summed E-state index contributed by atoms with van der Waals surface area (Å²) in [6.45, 7) is 7.65. The van der Waals surface area contributed by atoms with Crippen LogP contribution in [0, 0.1) is 29.1 Å². The van der Waals surface area contributed by atoms with Gasteiger partial charge in [0.15, 0.2) is 0 Å². The van der Waals surface area contributed by atoms with Crippen LogP contribution in [-0.2, 0) is 14.3 Å². The zero-order valence-corrected chi connectivity index (χ0v) is 16.8. The summed E-state index contributed by atoms with van der Waals surface area (Å²) in [6, 6.07) is 0. The Balaban J connectivity index is 1.33. The molecule has 1 amide bonds. The van der Waals surface area contributed by atoms with Crippen molar-refractivity contribution < 1.29 is 14.3 Å². The quantitative estimate of drug-likeness (QED) is 0.540. The van der Waals surface area contributed by atoms with Crippen LogP contribution in [0.3, 0.4) is 0 Å². The topological polar surface area (TPSA) is 55.4 Å². The molecule has 6 aliphatic rings. The lowest BCUT2D eigenvalue weighted by atomic mass is 9.49. The Morgan fingerprint density at radius 2 is 1.67 bits per heavy atom. The average molecular weight is 372 g/mol. The minimum absolute atomic E-state index is 0.0203. The minimum Gasteiger partial charge on any atom is -0.458 e. The van der Waals surface area contributed by atoms with Crippen molar-refractivity contribution in [1.82, 2.24) is 5.32 Å². The highest BCUT2D eigenvalue weighted by Crippen LogP contribution is 2.79. The highest BCUT2D eigenvalue weighted by atomic mass is 16.6. The van der Waals surface area contributed by atoms with E-state index in [4.69, 9.17) is 4.74 Å². The summed E-state index contributed by atoms with van der Waals surface area (Å²) >= 11 is 0. The van der Waals surface area contributed by atoms with Gasteiger partial charge in [0.25, 0.3) is 0 Å². The highest BCUT2D eigenvalue weighted by molar-refractivity contribution is 5.98. The number of hydrogen-bond donors (Lipinski definition) is 1. The second-order valence-electron chi connectivity index (χ2n) is 10.5. The molecule has 0 aromatic carbocycles. The molecule has 0 aromatic heterocycles. The number of carbonyl (C=O) groups excluding carboxylic acids is 2. The number of amides is 1. The van der Waals surface area contributed by atoms with E-state index in [1.54, 1.807) is 6.92 Å². The first kappa shape index (κ1) is 17.8. The van der Waals surface area contributed by atoms with Crippen molar-refractivity contribution in [1.29, 1.82) is 0 Å². The van der Waals surface area contributed by atoms with Crippen molar-refractivity contribution in [3.63, 3.8) is 0 Å². The van der Waals surface area contributed by atoms with E-state index in [1.807, 2.05) is 0 Å². The molecule has 6 aliphatic carbocycles. The van der Waals surface area contributed by atoms with Crippen LogP contribution < -0.4 is 5.32 Å². The van der Waals surface area contributed by atoms with E-state index >= 15 is 0 Å². The van der Waals surface area contributed by atoms with Crippen LogP contribution in [0.15, 0.2) is 12.2 Å². The zero-order valence-electron chi connectivity index (χ0n) is 16.8. The summed E-state index contributed by atoms with van der Waals surface area (Å²) in [5, 5.41) is 3.04. The van der Waals surface area contributed by atoms with Crippen LogP contribution in [0.4, 0.5) is 0 Å². The molecule has 6 saturated carbocycles. The van der Waals surface area contributed by atoms with Crippen molar-refractivity contribution in [3.05, 3.63) is 12.2 Å². The summed E-state index contributed by atoms with van der Waals surface area (Å²) in [4.78, 5) is 25.3. The first-order valence-electron chi connectivity index (χ1n) is 11.1. The standard InChI is InChI=1S/C23H33NO3/c1-4-5-6-23(17-8-15-7-16(10-17)11-18(23)9-15)27-20(26)21-12-22(21,13-21)24-19(25)14(2)3/h15-18H,2,4-13H2,1,3H3,(H,24,25). The fourth-order valence-corrected chi connectivity index (χ4v) is 7.09. The fourth-order valence-electron chi connectivity index (χ4n) is 7.09. The van der Waals surface area contributed by atoms with Gasteiger partial charge in [-0.15, -0.1) is 0 Å². The van der Waals surface area contributed by atoms with Gasteiger partial charge < -0.3 is 10.1 Å². The van der Waals surface area contributed by atoms with E-state index in [0.29, 0.717) is 17.4 Å². The first-order chi connectivity index (χ1) is 12.8. The molecular weight excluding hydrogens is 338 g/mol. The van der Waals surface area contributed by atoms with E-state index in [1.165, 1.54) is 32.1 Å². The van der Waals surface area contributed by atoms with E-state index < -0.39 is 5.41 Å². The Morgan fingerprint density at radius 1 is 1.07 bits per heavy atom. The number of esters is 1. The van der Waals surface area contributed by atoms with Crippen LogP contribution in [0.2, 0.25) is 0 Å². The Morgan fingerprint density at radius 3 is 2.19 bits per heavy atom. The minimum atomic E-state index is -0.425. The number of carbonyl (C=O) groups is 2. The van der Waals surface area contributed by atoms with Gasteiger partial charge in [-0.2, -0.15) is 0 Å². The SMILES string of the molecule is C=C(C)C(=O)NC12CC1(C(=O)OC1(CCCC)C3CC4CC(C3)CC1C4)C2. The van der Waals surface area contributed by atoms with Crippen molar-refractivity contribution in [3.8, 4) is 0 Å². The largest absolute Gasteiger partial charge is 0.458 e. The molecule has 1 N–H and O–H groups in total. The van der Waals surface area contributed by atoms with Crippen molar-refractivity contribution in [2.45, 2.75) is 89.2 Å². The molecule has 148 valence electrons. The van der Waals surface area contributed by atoms with E-state index in [2.05, 4.69) is 18.8 Å². The Bertz CT molecular complexity index is 674. The lowest BCUT2D eigenvalue weighted by Gasteiger charge is -2.60. The Hall–Kier alpha value is -1.32. The third kappa shape index (κ3) is 2.40. The third-order valence-electron chi connectivity index (χ3n) is 8.73. The fraction of sp³-hybridized carbons (Fsp3) is 0.826. The molecule has 0 heterocycles. The van der Waals surface area contributed by atoms with Gasteiger partial charge >= 0.3 is 5.97 Å². The maximum Gasteiger partial charge on any atom is 0.315 e. The van der Waals surface area contributed by atoms with Crippen molar-refractivity contribution in [2.75, 3.05) is 0 Å². The predicted molar refractivity (Wildman–Crippen MR) is 103 cm³/mol. The summed E-state index contributed by atoms with van der Waals surface area (Å²) < 4.78 is 6.54. The number of ether oxygens (including phenoxy) is 1.